The molecule has 0 saturated carbocycles. The average molecular weight is 737 g/mol. The number of carbonyl (C=O) groups excluding carboxylic acids is 2. The van der Waals surface area contributed by atoms with Gasteiger partial charge in [0.25, 0.3) is 0 Å². The van der Waals surface area contributed by atoms with Gasteiger partial charge < -0.3 is 9.15 Å². The number of anilines is 1. The molecule has 1 heterocycles. The zero-order valence-corrected chi connectivity index (χ0v) is 27.6. The van der Waals surface area contributed by atoms with Gasteiger partial charge in [0, 0.05) is 5.56 Å². The number of methoxy groups -OCH3 is 2. The zero-order chi connectivity index (χ0) is 29.2. The summed E-state index contributed by atoms with van der Waals surface area (Å²) < 4.78 is 42.5. The van der Waals surface area contributed by atoms with Crippen molar-refractivity contribution in [2.45, 2.75) is 30.4 Å². The van der Waals surface area contributed by atoms with Crippen LogP contribution in [0.1, 0.15) is 30.0 Å². The Balaban J connectivity index is 1.49. The molecule has 3 aromatic carbocycles. The van der Waals surface area contributed by atoms with E-state index < -0.39 is 33.4 Å². The van der Waals surface area contributed by atoms with E-state index >= 15 is 0 Å². The molecule has 40 heavy (non-hydrogen) atoms. The number of carbonyl (C=O) groups is 2. The molecule has 0 bridgehead atoms. The molecule has 0 aliphatic heterocycles. The number of hydrogen-bond acceptors (Lipinski definition) is 7. The van der Waals surface area contributed by atoms with Crippen LogP contribution in [0.2, 0.25) is 4.71 Å². The van der Waals surface area contributed by atoms with Gasteiger partial charge in [-0.3, -0.25) is 0 Å². The second-order valence-electron chi connectivity index (χ2n) is 9.43. The van der Waals surface area contributed by atoms with Gasteiger partial charge in [0.1, 0.15) is 11.3 Å². The quantitative estimate of drug-likeness (QED) is 0.127. The van der Waals surface area contributed by atoms with Crippen molar-refractivity contribution in [2.24, 2.45) is 5.92 Å². The molecule has 4 rings (SSSR count). The average Bonchev–Trinajstić information content (AvgIpc) is 3.28. The Bertz CT molecular complexity index is 1660. The maximum atomic E-state index is 13.0. The predicted octanol–water partition coefficient (Wildman–Crippen LogP) is 6.02. The van der Waals surface area contributed by atoms with Crippen molar-refractivity contribution in [2.75, 3.05) is 19.5 Å². The number of rotatable bonds is 9. The monoisotopic (exact) mass is 737 g/mol. The van der Waals surface area contributed by atoms with E-state index in [0.29, 0.717) is 22.6 Å². The minimum atomic E-state index is -3.57. The maximum absolute atomic E-state index is 13.0. The van der Waals surface area contributed by atoms with Gasteiger partial charge in [-0.25, -0.2) is 0 Å². The van der Waals surface area contributed by atoms with Crippen LogP contribution in [-0.2, 0) is 17.6 Å². The fourth-order valence-electron chi connectivity index (χ4n) is 4.27. The van der Waals surface area contributed by atoms with Gasteiger partial charge in [-0.2, -0.15) is 0 Å². The van der Waals surface area contributed by atoms with Gasteiger partial charge in [0.2, 0.25) is 0 Å². The number of furan rings is 1. The number of amides is 1. The van der Waals surface area contributed by atoms with Gasteiger partial charge in [-0.15, -0.1) is 0 Å². The molecule has 0 radical (unpaired) electrons. The van der Waals surface area contributed by atoms with Gasteiger partial charge in [0.05, 0.1) is 16.1 Å². The summed E-state index contributed by atoms with van der Waals surface area (Å²) in [6.07, 6.45) is 0. The second kappa shape index (κ2) is 12.4. The standard InChI is InChI=1S/C29H29AsINO7S/c1-16(2)25(29(34)38-5)30-40(35,36)21-12-8-19(9-13-21)18-6-10-20(11-7-18)32-28(33)26-17(3)24-23(39-26)15-14-22(31)27(24)37-4/h6-16,25,30H,1-5H3,(H,32,33). The molecule has 4 aromatic rings. The summed E-state index contributed by atoms with van der Waals surface area (Å²) in [6.45, 7) is 5.48. The summed E-state index contributed by atoms with van der Waals surface area (Å²) >= 11 is 0.494. The molecule has 11 heteroatoms. The van der Waals surface area contributed by atoms with Crippen LogP contribution in [0.25, 0.3) is 22.1 Å². The molecule has 1 N–H and O–H groups in total. The van der Waals surface area contributed by atoms with Crippen molar-refractivity contribution in [3.05, 3.63) is 75.6 Å². The molecule has 8 nitrogen and oxygen atoms in total. The van der Waals surface area contributed by atoms with Gasteiger partial charge >= 0.3 is 170 Å². The molecular weight excluding hydrogens is 708 g/mol. The zero-order valence-electron chi connectivity index (χ0n) is 22.6. The molecule has 2 atom stereocenters. The van der Waals surface area contributed by atoms with Gasteiger partial charge in [-0.1, -0.05) is 0 Å². The topological polar surface area (TPSA) is 112 Å². The minimum absolute atomic E-state index is 0.122. The number of hydrogen-bond donors (Lipinski definition) is 1. The first kappa shape index (κ1) is 30.1. The van der Waals surface area contributed by atoms with Crippen LogP contribution in [0.15, 0.2) is 70.0 Å². The number of halogens is 1. The summed E-state index contributed by atoms with van der Waals surface area (Å²) in [4.78, 5) is 25.3. The molecular formula is C29H29AsINO7S. The first-order chi connectivity index (χ1) is 19.0. The summed E-state index contributed by atoms with van der Waals surface area (Å²) in [5, 5.41) is 3.64. The molecule has 210 valence electrons. The summed E-state index contributed by atoms with van der Waals surface area (Å²) in [7, 11) is -0.699. The summed E-state index contributed by atoms with van der Waals surface area (Å²) in [6, 6.07) is 17.5. The molecule has 0 spiro atoms. The molecule has 1 amide bonds. The van der Waals surface area contributed by atoms with Crippen molar-refractivity contribution in [3.8, 4) is 16.9 Å². The first-order valence-electron chi connectivity index (χ1n) is 12.3. The van der Waals surface area contributed by atoms with E-state index in [1.165, 1.54) is 7.11 Å². The number of nitrogens with one attached hydrogen (secondary N) is 1. The molecule has 0 saturated heterocycles. The first-order valence-corrected chi connectivity index (χ1v) is 18.7. The number of benzene rings is 3. The number of ether oxygens (including phenoxy) is 2. The fraction of sp³-hybridized carbons (Fsp3) is 0.241. The van der Waals surface area contributed by atoms with Crippen molar-refractivity contribution in [3.63, 3.8) is 0 Å². The Kier molecular flexibility index (Phi) is 9.32. The summed E-state index contributed by atoms with van der Waals surface area (Å²) in [5.74, 6) is -0.0861. The van der Waals surface area contributed by atoms with E-state index in [4.69, 9.17) is 13.9 Å². The Hall–Kier alpha value is -2.82. The Morgan fingerprint density at radius 3 is 2.10 bits per heavy atom. The van der Waals surface area contributed by atoms with E-state index in [1.807, 2.05) is 45.0 Å². The number of esters is 1. The SMILES string of the molecule is COC(=O)C([AsH]S(=O)(=O)c1ccc(-c2ccc(NC(=O)c3oc4ccc(I)c(OC)c4c3C)cc2)cc1)C(C)C. The molecule has 1 aromatic heterocycles. The van der Waals surface area contributed by atoms with Crippen LogP contribution in [-0.4, -0.2) is 49.1 Å². The van der Waals surface area contributed by atoms with Crippen molar-refractivity contribution >= 4 is 73.8 Å². The second-order valence-corrected chi connectivity index (χ2v) is 18.5. The Labute approximate surface area is 252 Å². The van der Waals surface area contributed by atoms with E-state index in [9.17, 15) is 18.0 Å². The Morgan fingerprint density at radius 2 is 1.55 bits per heavy atom. The normalized spacial score (nSPS) is 12.7. The van der Waals surface area contributed by atoms with E-state index in [1.54, 1.807) is 43.5 Å². The third kappa shape index (κ3) is 6.24. The number of aryl methyl sites for hydroxylation is 1. The molecule has 2 unspecified atom stereocenters. The van der Waals surface area contributed by atoms with Crippen molar-refractivity contribution < 1.29 is 31.9 Å². The van der Waals surface area contributed by atoms with Crippen LogP contribution in [0, 0.1) is 16.4 Å². The van der Waals surface area contributed by atoms with E-state index in [-0.39, 0.29) is 22.5 Å². The number of fused-ring (bicyclic) bond motifs is 1. The fourth-order valence-corrected chi connectivity index (χ4v) is 12.7. The molecule has 0 aliphatic carbocycles. The van der Waals surface area contributed by atoms with Crippen molar-refractivity contribution in [1.82, 2.24) is 0 Å². The van der Waals surface area contributed by atoms with Crippen LogP contribution in [0.5, 0.6) is 5.75 Å². The van der Waals surface area contributed by atoms with E-state index in [2.05, 4.69) is 27.9 Å². The van der Waals surface area contributed by atoms with Crippen LogP contribution >= 0.6 is 22.6 Å². The third-order valence-electron chi connectivity index (χ3n) is 6.45. The van der Waals surface area contributed by atoms with Crippen LogP contribution < -0.4 is 10.1 Å². The van der Waals surface area contributed by atoms with Crippen molar-refractivity contribution in [1.29, 1.82) is 0 Å². The van der Waals surface area contributed by atoms with Crippen LogP contribution in [0.4, 0.5) is 5.69 Å². The summed E-state index contributed by atoms with van der Waals surface area (Å²) in [5.41, 5.74) is 3.53. The Morgan fingerprint density at radius 1 is 0.950 bits per heavy atom. The van der Waals surface area contributed by atoms with Gasteiger partial charge in [0.15, 0.2) is 0 Å². The molecule has 0 fully saturated rings. The third-order valence-corrected chi connectivity index (χ3v) is 15.7. The predicted molar refractivity (Wildman–Crippen MR) is 165 cm³/mol. The molecule has 0 aliphatic rings. The van der Waals surface area contributed by atoms with E-state index in [0.717, 1.165) is 20.1 Å². The van der Waals surface area contributed by atoms with Gasteiger partial charge in [-0.05, 0) is 41.6 Å². The van der Waals surface area contributed by atoms with Crippen LogP contribution in [0.3, 0.4) is 0 Å².